The van der Waals surface area contributed by atoms with Gasteiger partial charge in [-0.3, -0.25) is 4.98 Å². The Morgan fingerprint density at radius 2 is 1.90 bits per heavy atom. The number of benzene rings is 1. The minimum Gasteiger partial charge on any atom is -0.402 e. The standard InChI is InChI=1S/C25H34N4O/c1-18-5-7-20(8-6-18)23-11-14-29-24(23)17-30-15-3-4-22(16-19(2)26)25(27)21-9-12-28-13-10-21/h5-10,12-13,16,23-24,29H,3-4,11,14-15,17,26-27H2,1-2H3/b19-16-,25-22-/t23-,24?/m1/s1. The molecule has 1 unspecified atom stereocenters. The highest BCUT2D eigenvalue weighted by molar-refractivity contribution is 5.68. The van der Waals surface area contributed by atoms with Crippen LogP contribution in [0.15, 0.2) is 66.1 Å². The van der Waals surface area contributed by atoms with Crippen LogP contribution in [0, 0.1) is 6.92 Å². The second kappa shape index (κ2) is 11.0. The first kappa shape index (κ1) is 22.1. The van der Waals surface area contributed by atoms with E-state index in [9.17, 15) is 0 Å². The van der Waals surface area contributed by atoms with E-state index >= 15 is 0 Å². The van der Waals surface area contributed by atoms with Crippen LogP contribution in [-0.4, -0.2) is 30.8 Å². The van der Waals surface area contributed by atoms with Gasteiger partial charge in [0.25, 0.3) is 0 Å². The fourth-order valence-corrected chi connectivity index (χ4v) is 4.01. The number of rotatable bonds is 9. The van der Waals surface area contributed by atoms with Crippen molar-refractivity contribution in [2.45, 2.75) is 45.1 Å². The van der Waals surface area contributed by atoms with E-state index in [-0.39, 0.29) is 0 Å². The average molecular weight is 407 g/mol. The number of aryl methyl sites for hydroxylation is 1. The van der Waals surface area contributed by atoms with Crippen LogP contribution in [-0.2, 0) is 4.74 Å². The molecule has 0 radical (unpaired) electrons. The van der Waals surface area contributed by atoms with Crippen molar-refractivity contribution < 1.29 is 4.74 Å². The zero-order valence-electron chi connectivity index (χ0n) is 18.1. The quantitative estimate of drug-likeness (QED) is 0.435. The van der Waals surface area contributed by atoms with Crippen LogP contribution in [0.25, 0.3) is 5.70 Å². The normalized spacial score (nSPS) is 20.3. The third-order valence-electron chi connectivity index (χ3n) is 5.62. The summed E-state index contributed by atoms with van der Waals surface area (Å²) in [5.74, 6) is 0.520. The van der Waals surface area contributed by atoms with Crippen molar-refractivity contribution in [3.05, 3.63) is 82.8 Å². The molecule has 30 heavy (non-hydrogen) atoms. The second-order valence-electron chi connectivity index (χ2n) is 8.11. The maximum atomic E-state index is 6.40. The van der Waals surface area contributed by atoms with Crippen LogP contribution in [0.2, 0.25) is 0 Å². The molecule has 160 valence electrons. The first-order valence-corrected chi connectivity index (χ1v) is 10.7. The average Bonchev–Trinajstić information content (AvgIpc) is 3.21. The fraction of sp³-hybridized carbons (Fsp3) is 0.400. The minimum atomic E-state index is 0.371. The second-order valence-corrected chi connectivity index (χ2v) is 8.11. The Balaban J connectivity index is 1.51. The number of aromatic nitrogens is 1. The third kappa shape index (κ3) is 6.18. The highest BCUT2D eigenvalue weighted by Gasteiger charge is 2.28. The molecule has 0 aliphatic carbocycles. The zero-order chi connectivity index (χ0) is 21.3. The predicted molar refractivity (Wildman–Crippen MR) is 124 cm³/mol. The third-order valence-corrected chi connectivity index (χ3v) is 5.62. The summed E-state index contributed by atoms with van der Waals surface area (Å²) in [5, 5.41) is 3.60. The number of nitrogens with two attached hydrogens (primary N) is 2. The van der Waals surface area contributed by atoms with E-state index in [1.165, 1.54) is 11.1 Å². The van der Waals surface area contributed by atoms with Gasteiger partial charge in [0.1, 0.15) is 0 Å². The van der Waals surface area contributed by atoms with Crippen molar-refractivity contribution in [2.75, 3.05) is 19.8 Å². The van der Waals surface area contributed by atoms with Gasteiger partial charge >= 0.3 is 0 Å². The van der Waals surface area contributed by atoms with Crippen LogP contribution >= 0.6 is 0 Å². The smallest absolute Gasteiger partial charge is 0.0625 e. The number of hydrogen-bond acceptors (Lipinski definition) is 5. The van der Waals surface area contributed by atoms with Gasteiger partial charge in [0.2, 0.25) is 0 Å². The molecule has 2 aromatic rings. The molecule has 1 aliphatic heterocycles. The summed E-state index contributed by atoms with van der Waals surface area (Å²) in [4.78, 5) is 4.06. The van der Waals surface area contributed by atoms with Crippen molar-refractivity contribution in [1.29, 1.82) is 0 Å². The Labute approximate surface area is 180 Å². The van der Waals surface area contributed by atoms with Gasteiger partial charge in [0.05, 0.1) is 6.61 Å². The molecule has 0 saturated carbocycles. The molecule has 2 heterocycles. The minimum absolute atomic E-state index is 0.371. The Hall–Kier alpha value is -2.63. The van der Waals surface area contributed by atoms with Crippen LogP contribution in [0.5, 0.6) is 0 Å². The topological polar surface area (TPSA) is 86.2 Å². The first-order valence-electron chi connectivity index (χ1n) is 10.7. The van der Waals surface area contributed by atoms with E-state index < -0.39 is 0 Å². The number of ether oxygens (including phenoxy) is 1. The number of nitrogens with zero attached hydrogens (tertiary/aromatic N) is 1. The van der Waals surface area contributed by atoms with Gasteiger partial charge in [-0.2, -0.15) is 0 Å². The van der Waals surface area contributed by atoms with Crippen molar-refractivity contribution in [3.63, 3.8) is 0 Å². The van der Waals surface area contributed by atoms with Gasteiger partial charge in [-0.15, -0.1) is 0 Å². The molecule has 3 rings (SSSR count). The molecule has 1 aliphatic rings. The van der Waals surface area contributed by atoms with Gasteiger partial charge < -0.3 is 21.5 Å². The van der Waals surface area contributed by atoms with Crippen molar-refractivity contribution in [3.8, 4) is 0 Å². The van der Waals surface area contributed by atoms with Crippen molar-refractivity contribution in [1.82, 2.24) is 10.3 Å². The van der Waals surface area contributed by atoms with Gasteiger partial charge in [0.15, 0.2) is 0 Å². The molecular weight excluding hydrogens is 372 g/mol. The van der Waals surface area contributed by atoms with E-state index in [1.807, 2.05) is 25.1 Å². The summed E-state index contributed by atoms with van der Waals surface area (Å²) in [6, 6.07) is 13.1. The zero-order valence-corrected chi connectivity index (χ0v) is 18.1. The number of allylic oxidation sites excluding steroid dienone is 3. The molecule has 1 fully saturated rings. The highest BCUT2D eigenvalue weighted by atomic mass is 16.5. The lowest BCUT2D eigenvalue weighted by atomic mass is 9.92. The van der Waals surface area contributed by atoms with Gasteiger partial charge in [-0.25, -0.2) is 0 Å². The molecule has 0 spiro atoms. The molecule has 1 aromatic carbocycles. The SMILES string of the molecule is C/C(N)=C/C(CCCOCC1NCC[C@@H]1c1ccc(C)cc1)=C(\N)c1ccncc1. The summed E-state index contributed by atoms with van der Waals surface area (Å²) in [7, 11) is 0. The van der Waals surface area contributed by atoms with Crippen LogP contribution in [0.3, 0.4) is 0 Å². The Morgan fingerprint density at radius 1 is 1.17 bits per heavy atom. The van der Waals surface area contributed by atoms with Crippen molar-refractivity contribution >= 4 is 5.70 Å². The summed E-state index contributed by atoms with van der Waals surface area (Å²) >= 11 is 0. The molecule has 5 nitrogen and oxygen atoms in total. The van der Waals surface area contributed by atoms with Gasteiger partial charge in [-0.1, -0.05) is 29.8 Å². The summed E-state index contributed by atoms with van der Waals surface area (Å²) in [6.07, 6.45) is 8.34. The Kier molecular flexibility index (Phi) is 8.05. The number of hydrogen-bond donors (Lipinski definition) is 3. The fourth-order valence-electron chi connectivity index (χ4n) is 4.01. The molecule has 1 saturated heterocycles. The molecule has 2 atom stereocenters. The number of pyridine rings is 1. The molecule has 5 heteroatoms. The van der Waals surface area contributed by atoms with E-state index in [2.05, 4.69) is 41.5 Å². The largest absolute Gasteiger partial charge is 0.402 e. The van der Waals surface area contributed by atoms with Gasteiger partial charge in [0, 0.05) is 47.9 Å². The molecule has 5 N–H and O–H groups in total. The lowest BCUT2D eigenvalue weighted by molar-refractivity contribution is 0.110. The van der Waals surface area contributed by atoms with Crippen molar-refractivity contribution in [2.24, 2.45) is 11.5 Å². The molecule has 0 bridgehead atoms. The highest BCUT2D eigenvalue weighted by Crippen LogP contribution is 2.28. The monoisotopic (exact) mass is 406 g/mol. The molecule has 0 amide bonds. The van der Waals surface area contributed by atoms with E-state index in [1.54, 1.807) is 12.4 Å². The van der Waals surface area contributed by atoms with E-state index in [4.69, 9.17) is 16.2 Å². The van der Waals surface area contributed by atoms with E-state index in [0.717, 1.165) is 54.9 Å². The number of nitrogens with one attached hydrogen (secondary N) is 1. The lowest BCUT2D eigenvalue weighted by Crippen LogP contribution is -2.31. The molecular formula is C25H34N4O. The summed E-state index contributed by atoms with van der Waals surface area (Å²) in [5.41, 5.74) is 18.5. The van der Waals surface area contributed by atoms with Crippen LogP contribution < -0.4 is 16.8 Å². The maximum Gasteiger partial charge on any atom is 0.0625 e. The predicted octanol–water partition coefficient (Wildman–Crippen LogP) is 3.86. The van der Waals surface area contributed by atoms with Crippen LogP contribution in [0.4, 0.5) is 0 Å². The Bertz CT molecular complexity index is 854. The molecule has 1 aromatic heterocycles. The van der Waals surface area contributed by atoms with Gasteiger partial charge in [-0.05, 0) is 69.0 Å². The first-order chi connectivity index (χ1) is 14.5. The van der Waals surface area contributed by atoms with E-state index in [0.29, 0.717) is 18.6 Å². The maximum absolute atomic E-state index is 6.40. The lowest BCUT2D eigenvalue weighted by Gasteiger charge is -2.20. The summed E-state index contributed by atoms with van der Waals surface area (Å²) in [6.45, 7) is 6.48. The Morgan fingerprint density at radius 3 is 2.60 bits per heavy atom. The van der Waals surface area contributed by atoms with Crippen LogP contribution in [0.1, 0.15) is 48.8 Å². The summed E-state index contributed by atoms with van der Waals surface area (Å²) < 4.78 is 6.05.